The fraction of sp³-hybridized carbons (Fsp3) is 0.318. The molecular weight excluding hydrogens is 410 g/mol. The van der Waals surface area contributed by atoms with Crippen LogP contribution in [0.3, 0.4) is 0 Å². The molecule has 2 N–H and O–H groups in total. The minimum absolute atomic E-state index is 0.0823. The molecule has 4 aliphatic rings. The Kier molecular flexibility index (Phi) is 5.07. The van der Waals surface area contributed by atoms with Crippen LogP contribution in [0, 0.1) is 11.3 Å². The van der Waals surface area contributed by atoms with Crippen molar-refractivity contribution in [3.63, 3.8) is 0 Å². The van der Waals surface area contributed by atoms with Gasteiger partial charge in [-0.05, 0) is 18.6 Å². The van der Waals surface area contributed by atoms with Crippen molar-refractivity contribution in [3.05, 3.63) is 41.9 Å². The third kappa shape index (κ3) is 3.58. The number of nitrogens with one attached hydrogen (secondary N) is 2. The lowest BCUT2D eigenvalue weighted by molar-refractivity contribution is -0.131. The van der Waals surface area contributed by atoms with Gasteiger partial charge in [-0.1, -0.05) is 0 Å². The van der Waals surface area contributed by atoms with Crippen LogP contribution in [0.1, 0.15) is 24.0 Å². The summed E-state index contributed by atoms with van der Waals surface area (Å²) in [7, 11) is 0. The van der Waals surface area contributed by atoms with Crippen LogP contribution in [-0.2, 0) is 9.59 Å². The number of anilines is 3. The number of piperazine rings is 1. The lowest BCUT2D eigenvalue weighted by Crippen LogP contribution is -2.49. The highest BCUT2D eigenvalue weighted by molar-refractivity contribution is 6.32. The Bertz CT molecular complexity index is 1160. The summed E-state index contributed by atoms with van der Waals surface area (Å²) in [5.74, 6) is 1.38. The van der Waals surface area contributed by atoms with Crippen LogP contribution in [-0.4, -0.2) is 59.5 Å². The number of benzene rings is 1. The molecule has 0 unspecified atom stereocenters. The topological polar surface area (TPSA) is 123 Å². The second kappa shape index (κ2) is 8.19. The van der Waals surface area contributed by atoms with E-state index in [1.165, 1.54) is 6.33 Å². The van der Waals surface area contributed by atoms with Gasteiger partial charge in [0.15, 0.2) is 0 Å². The standard InChI is InChI=1S/C22H21N7O3/c23-11-14-3-4-15-10-17(14)32-9-1-2-18(30)28-5-7-29(8-6-28)21-19-16(12-24-15)22(31)27-20(19)25-13-26-21/h3-4,10,12-13,24H,1-2,5-9H2,(H,25,26,27,31)/b16-12-. The minimum atomic E-state index is -0.272. The average Bonchev–Trinajstić information content (AvgIpc) is 3.15. The van der Waals surface area contributed by atoms with Gasteiger partial charge in [-0.15, -0.1) is 0 Å². The molecular formula is C22H21N7O3. The van der Waals surface area contributed by atoms with E-state index in [1.807, 2.05) is 4.90 Å². The van der Waals surface area contributed by atoms with E-state index in [4.69, 9.17) is 4.74 Å². The molecule has 162 valence electrons. The van der Waals surface area contributed by atoms with Gasteiger partial charge in [0, 0.05) is 50.6 Å². The van der Waals surface area contributed by atoms with Crippen molar-refractivity contribution in [1.29, 1.82) is 5.26 Å². The first kappa shape index (κ1) is 19.8. The second-order valence-electron chi connectivity index (χ2n) is 7.72. The number of nitriles is 1. The lowest BCUT2D eigenvalue weighted by Gasteiger charge is -2.36. The molecule has 10 heteroatoms. The highest BCUT2D eigenvalue weighted by Crippen LogP contribution is 2.37. The van der Waals surface area contributed by atoms with Crippen LogP contribution < -0.4 is 20.3 Å². The van der Waals surface area contributed by atoms with Gasteiger partial charge in [-0.3, -0.25) is 9.59 Å². The molecule has 2 aromatic rings. The molecule has 1 fully saturated rings. The molecule has 1 aromatic carbocycles. The van der Waals surface area contributed by atoms with E-state index < -0.39 is 0 Å². The van der Waals surface area contributed by atoms with Crippen molar-refractivity contribution < 1.29 is 14.3 Å². The zero-order valence-electron chi connectivity index (χ0n) is 17.3. The predicted octanol–water partition coefficient (Wildman–Crippen LogP) is 1.57. The van der Waals surface area contributed by atoms with Gasteiger partial charge in [0.2, 0.25) is 5.91 Å². The van der Waals surface area contributed by atoms with Crippen LogP contribution in [0.15, 0.2) is 30.7 Å². The number of carbonyl (C=O) groups excluding carboxylic acids is 2. The van der Waals surface area contributed by atoms with Crippen molar-refractivity contribution in [2.24, 2.45) is 0 Å². The Balaban J connectivity index is 1.55. The third-order valence-electron chi connectivity index (χ3n) is 5.78. The molecule has 0 atom stereocenters. The van der Waals surface area contributed by atoms with Gasteiger partial charge in [0.05, 0.1) is 23.3 Å². The van der Waals surface area contributed by atoms with E-state index in [2.05, 4.69) is 31.6 Å². The quantitative estimate of drug-likeness (QED) is 0.644. The normalized spacial score (nSPS) is 19.7. The summed E-state index contributed by atoms with van der Waals surface area (Å²) in [6, 6.07) is 7.23. The summed E-state index contributed by atoms with van der Waals surface area (Å²) < 4.78 is 5.80. The van der Waals surface area contributed by atoms with Crippen molar-refractivity contribution in [3.8, 4) is 11.8 Å². The van der Waals surface area contributed by atoms with E-state index >= 15 is 0 Å². The van der Waals surface area contributed by atoms with Gasteiger partial charge < -0.3 is 25.2 Å². The molecule has 6 rings (SSSR count). The number of amides is 2. The first-order valence-corrected chi connectivity index (χ1v) is 10.5. The lowest BCUT2D eigenvalue weighted by atomic mass is 10.1. The van der Waals surface area contributed by atoms with Crippen LogP contribution in [0.4, 0.5) is 17.3 Å². The Labute approximate surface area is 184 Å². The minimum Gasteiger partial charge on any atom is -0.492 e. The van der Waals surface area contributed by atoms with Crippen LogP contribution in [0.5, 0.6) is 5.75 Å². The summed E-state index contributed by atoms with van der Waals surface area (Å²) in [6.07, 6.45) is 4.00. The maximum Gasteiger partial charge on any atom is 0.259 e. The number of hydrogen-bond donors (Lipinski definition) is 2. The molecule has 0 radical (unpaired) electrons. The Morgan fingerprint density at radius 3 is 2.72 bits per heavy atom. The predicted molar refractivity (Wildman–Crippen MR) is 117 cm³/mol. The van der Waals surface area contributed by atoms with Gasteiger partial charge in [0.25, 0.3) is 5.91 Å². The molecule has 1 aromatic heterocycles. The van der Waals surface area contributed by atoms with E-state index in [9.17, 15) is 14.9 Å². The maximum atomic E-state index is 12.7. The molecule has 0 saturated carbocycles. The monoisotopic (exact) mass is 431 g/mol. The number of hydrogen-bond acceptors (Lipinski definition) is 8. The Morgan fingerprint density at radius 2 is 1.91 bits per heavy atom. The van der Waals surface area contributed by atoms with Crippen LogP contribution >= 0.6 is 0 Å². The second-order valence-corrected chi connectivity index (χ2v) is 7.72. The number of ether oxygens (including phenoxy) is 1. The molecule has 32 heavy (non-hydrogen) atoms. The average molecular weight is 431 g/mol. The summed E-state index contributed by atoms with van der Waals surface area (Å²) in [6.45, 7) is 2.73. The highest BCUT2D eigenvalue weighted by atomic mass is 16.5. The van der Waals surface area contributed by atoms with Gasteiger partial charge in [-0.25, -0.2) is 9.97 Å². The highest BCUT2D eigenvalue weighted by Gasteiger charge is 2.32. The summed E-state index contributed by atoms with van der Waals surface area (Å²) in [4.78, 5) is 37.9. The van der Waals surface area contributed by atoms with Crippen molar-refractivity contribution in [2.75, 3.05) is 48.3 Å². The molecule has 5 heterocycles. The first-order valence-electron chi connectivity index (χ1n) is 10.5. The van der Waals surface area contributed by atoms with Crippen molar-refractivity contribution >= 4 is 34.7 Å². The molecule has 1 saturated heterocycles. The largest absolute Gasteiger partial charge is 0.492 e. The van der Waals surface area contributed by atoms with E-state index in [-0.39, 0.29) is 11.8 Å². The molecule has 2 amide bonds. The van der Waals surface area contributed by atoms with E-state index in [1.54, 1.807) is 24.4 Å². The maximum absolute atomic E-state index is 12.7. The van der Waals surface area contributed by atoms with E-state index in [0.29, 0.717) is 85.4 Å². The molecule has 4 aliphatic heterocycles. The molecule has 10 nitrogen and oxygen atoms in total. The number of fused-ring (bicyclic) bond motifs is 7. The van der Waals surface area contributed by atoms with Crippen LogP contribution in [0.25, 0.3) is 5.57 Å². The fourth-order valence-electron chi connectivity index (χ4n) is 4.10. The summed E-state index contributed by atoms with van der Waals surface area (Å²) >= 11 is 0. The summed E-state index contributed by atoms with van der Waals surface area (Å²) in [5.41, 5.74) is 2.13. The fourth-order valence-corrected chi connectivity index (χ4v) is 4.10. The van der Waals surface area contributed by atoms with Crippen LogP contribution in [0.2, 0.25) is 0 Å². The van der Waals surface area contributed by atoms with Gasteiger partial charge in [0.1, 0.15) is 29.8 Å². The van der Waals surface area contributed by atoms with Gasteiger partial charge in [-0.2, -0.15) is 5.26 Å². The SMILES string of the molecule is N#Cc1ccc2cc1OCCCC(=O)N1CCN(CC1)c1ncnc3c1/C(=C/N2)C(=O)N3. The zero-order valence-corrected chi connectivity index (χ0v) is 17.3. The Hall–Kier alpha value is -4.13. The number of nitrogens with zero attached hydrogens (tertiary/aromatic N) is 5. The number of carbonyl (C=O) groups is 2. The van der Waals surface area contributed by atoms with E-state index in [0.717, 1.165) is 0 Å². The van der Waals surface area contributed by atoms with Crippen molar-refractivity contribution in [1.82, 2.24) is 14.9 Å². The molecule has 0 aliphatic carbocycles. The Morgan fingerprint density at radius 1 is 1.09 bits per heavy atom. The first-order chi connectivity index (χ1) is 15.6. The van der Waals surface area contributed by atoms with Crippen molar-refractivity contribution in [2.45, 2.75) is 12.8 Å². The van der Waals surface area contributed by atoms with Gasteiger partial charge >= 0.3 is 0 Å². The zero-order chi connectivity index (χ0) is 22.1. The molecule has 4 bridgehead atoms. The smallest absolute Gasteiger partial charge is 0.259 e. The number of aromatic nitrogens is 2. The number of rotatable bonds is 0. The molecule has 0 spiro atoms. The summed E-state index contributed by atoms with van der Waals surface area (Å²) in [5, 5.41) is 15.3. The third-order valence-corrected chi connectivity index (χ3v) is 5.78.